The van der Waals surface area contributed by atoms with Crippen LogP contribution in [0.5, 0.6) is 57.5 Å². The molecule has 0 bridgehead atoms. The number of amides is 1. The molecule has 2 fully saturated rings. The van der Waals surface area contributed by atoms with Crippen LogP contribution in [0.15, 0.2) is 235 Å². The number of aliphatic hydroxyl groups excluding tert-OH is 2. The van der Waals surface area contributed by atoms with E-state index in [1.807, 2.05) is 258 Å². The number of fused-ring (bicyclic) bond motifs is 2. The number of pyridine rings is 2. The van der Waals surface area contributed by atoms with E-state index in [9.17, 15) is 15.0 Å². The van der Waals surface area contributed by atoms with Gasteiger partial charge in [-0.3, -0.25) is 24.6 Å². The minimum Gasteiger partial charge on any atom is -0.490 e. The van der Waals surface area contributed by atoms with Gasteiger partial charge in [0.25, 0.3) is 29.5 Å². The SMILES string of the molecule is CCOc1ccc(-c2nc(-c3cc4ccccc4cn3)no2)cc1OCC.CCOc1ccc(-c2nc(-c3ccc(C)cc3)no2)cc1OCC.CCOc1ccc(-c2nc(-c3ccc(CN4C[C@H](O)C[C@H]4C(=O)N(C)C)cc3C)no2)cc1OCC.CCOc1ccc(-c2nc(-c3cccc4[nH]cc(CN5CCCC5)c34)no2)cc1OCC.CCOc1ccc(-c2nc(-c3ccnc(CO)c3)no2)cc1OCC. The molecule has 34 nitrogen and oxygen atoms in total. The summed E-state index contributed by atoms with van der Waals surface area (Å²) in [6.07, 6.45) is 8.02. The number of carbonyl (C=O) groups excluding carboxylic acids is 1. The Morgan fingerprint density at radius 1 is 0.417 bits per heavy atom. The number of H-pyrrole nitrogens is 1. The van der Waals surface area contributed by atoms with Gasteiger partial charge < -0.3 is 90.1 Å². The molecule has 8 aromatic heterocycles. The lowest BCUT2D eigenvalue weighted by molar-refractivity contribution is -0.133. The number of benzene rings is 9. The molecule has 9 aromatic carbocycles. The fourth-order valence-corrected chi connectivity index (χ4v) is 16.5. The standard InChI is InChI=1S/C27H34N4O5.C25H28N4O3.C21H19N3O3.C19H20N2O3.C18H19N3O4/c1-6-34-23-11-9-19(13-24(23)35-7-2)26-28-25(29-36-26)21-10-8-18(12-17(21)3)15-31-16-20(32)14-22(31)27(33)30(4)5;1-3-30-21-11-10-17(14-22(21)31-4-2)25-27-24(28-32-25)19-8-7-9-20-23(19)18(15-26-20)16-29-12-5-6-13-29;1-3-25-18-10-9-15(12-19(18)26-4-2)21-23-20(24-27-21)17-11-14-7-5-6-8-16(14)13-22-17;1-4-22-16-11-10-15(12-17(16)23-5-2)19-20-18(21-24-19)14-8-6-13(3)7-9-14;1-3-23-15-6-5-13(10-16(15)24-4-2)18-20-17(21-25-18)12-7-8-19-14(9-12)11-22/h8-13,20,22,32H,6-7,14-16H2,1-5H3;7-11,14-15,26H,3-6,12-13,16H2,1-2H3;5-13H,3-4H2,1-2H3;6-12H,4-5H2,1-3H3;5-10,22H,3-4,11H2,1-2H3/t20-,22+;;;;/m1..../s1. The van der Waals surface area contributed by atoms with Gasteiger partial charge in [0.2, 0.25) is 35.0 Å². The van der Waals surface area contributed by atoms with E-state index in [0.29, 0.717) is 213 Å². The molecule has 0 spiro atoms. The summed E-state index contributed by atoms with van der Waals surface area (Å²) in [5, 5.41) is 43.3. The molecule has 144 heavy (non-hydrogen) atoms. The lowest BCUT2D eigenvalue weighted by Crippen LogP contribution is -2.42. The van der Waals surface area contributed by atoms with Crippen molar-refractivity contribution < 1.29 is 85.0 Å². The Labute approximate surface area is 834 Å². The summed E-state index contributed by atoms with van der Waals surface area (Å²) in [4.78, 5) is 53.3. The predicted octanol–water partition coefficient (Wildman–Crippen LogP) is 21.2. The maximum absolute atomic E-state index is 12.6. The summed E-state index contributed by atoms with van der Waals surface area (Å²) in [6, 6.07) is 61.3. The van der Waals surface area contributed by atoms with E-state index in [-0.39, 0.29) is 18.6 Å². The van der Waals surface area contributed by atoms with E-state index in [0.717, 1.165) is 103 Å². The number of rotatable bonds is 36. The average Bonchev–Trinajstić information content (AvgIpc) is 1.63. The zero-order chi connectivity index (χ0) is 101. The first kappa shape index (κ1) is 102. The van der Waals surface area contributed by atoms with Gasteiger partial charge in [0.15, 0.2) is 57.5 Å². The lowest BCUT2D eigenvalue weighted by Gasteiger charge is -2.26. The van der Waals surface area contributed by atoms with Crippen molar-refractivity contribution in [3.05, 3.63) is 241 Å². The van der Waals surface area contributed by atoms with Crippen LogP contribution in [0.2, 0.25) is 0 Å². The number of carbonyl (C=O) groups is 1. The number of nitrogens with one attached hydrogen (secondary N) is 1. The van der Waals surface area contributed by atoms with Crippen LogP contribution in [0.4, 0.5) is 0 Å². The van der Waals surface area contributed by atoms with Crippen LogP contribution in [0, 0.1) is 13.8 Å². The monoisotopic (exact) mass is 1950 g/mol. The molecule has 2 aliphatic rings. The van der Waals surface area contributed by atoms with Gasteiger partial charge in [0.1, 0.15) is 5.69 Å². The summed E-state index contributed by atoms with van der Waals surface area (Å²) >= 11 is 0. The predicted molar refractivity (Wildman–Crippen MR) is 546 cm³/mol. The van der Waals surface area contributed by atoms with Gasteiger partial charge in [-0.2, -0.15) is 24.9 Å². The van der Waals surface area contributed by atoms with Crippen molar-refractivity contribution >= 4 is 27.6 Å². The zero-order valence-corrected chi connectivity index (χ0v) is 83.4. The largest absolute Gasteiger partial charge is 0.490 e. The maximum Gasteiger partial charge on any atom is 0.258 e. The van der Waals surface area contributed by atoms with E-state index in [2.05, 4.69) is 90.0 Å². The Morgan fingerprint density at radius 3 is 1.28 bits per heavy atom. The van der Waals surface area contributed by atoms with Crippen LogP contribution >= 0.6 is 0 Å². The third-order valence-electron chi connectivity index (χ3n) is 23.1. The number of β-amino-alcohol motifs (C(OH)–C–C–N with tert-alkyl or cyclic N) is 1. The van der Waals surface area contributed by atoms with Gasteiger partial charge in [0, 0.05) is 119 Å². The third kappa shape index (κ3) is 25.7. The maximum atomic E-state index is 12.6. The third-order valence-corrected chi connectivity index (χ3v) is 23.1. The summed E-state index contributed by atoms with van der Waals surface area (Å²) < 4.78 is 83.9. The molecule has 19 rings (SSSR count). The van der Waals surface area contributed by atoms with Gasteiger partial charge in [-0.15, -0.1) is 0 Å². The fraction of sp³-hybridized carbons (Fsp3) is 0.318. The smallest absolute Gasteiger partial charge is 0.258 e. The Kier molecular flexibility index (Phi) is 35.6. The van der Waals surface area contributed by atoms with Crippen LogP contribution in [0.25, 0.3) is 136 Å². The highest BCUT2D eigenvalue weighted by Crippen LogP contribution is 2.42. The molecular formula is C110H120N16O18. The summed E-state index contributed by atoms with van der Waals surface area (Å²) in [5.74, 6) is 11.4. The Balaban J connectivity index is 0.000000137. The van der Waals surface area contributed by atoms with Crippen molar-refractivity contribution in [2.45, 2.75) is 134 Å². The molecule has 17 aromatic rings. The van der Waals surface area contributed by atoms with Gasteiger partial charge in [-0.1, -0.05) is 110 Å². The van der Waals surface area contributed by atoms with Crippen molar-refractivity contribution in [2.75, 3.05) is 99.8 Å². The number of ether oxygens (including phenoxy) is 10. The van der Waals surface area contributed by atoms with Gasteiger partial charge in [-0.05, 0) is 253 Å². The first-order valence-corrected chi connectivity index (χ1v) is 48.5. The molecule has 2 saturated heterocycles. The number of nitrogens with zero attached hydrogens (tertiary/aromatic N) is 15. The lowest BCUT2D eigenvalue weighted by atomic mass is 10.0. The molecule has 748 valence electrons. The number of hydrogen-bond donors (Lipinski definition) is 3. The van der Waals surface area contributed by atoms with Crippen LogP contribution in [-0.4, -0.2) is 208 Å². The van der Waals surface area contributed by atoms with Gasteiger partial charge >= 0.3 is 0 Å². The highest BCUT2D eigenvalue weighted by molar-refractivity contribution is 5.96. The molecule has 0 unspecified atom stereocenters. The van der Waals surface area contributed by atoms with Crippen molar-refractivity contribution in [1.82, 2.24) is 80.4 Å². The molecule has 0 radical (unpaired) electrons. The number of likely N-dealkylation sites (N-methyl/N-ethyl adjacent to an activating group) is 1. The zero-order valence-electron chi connectivity index (χ0n) is 83.4. The minimum absolute atomic E-state index is 0.0148. The molecule has 10 heterocycles. The number of aliphatic hydroxyl groups is 2. The van der Waals surface area contributed by atoms with E-state index in [4.69, 9.17) is 75.0 Å². The van der Waals surface area contributed by atoms with Crippen LogP contribution < -0.4 is 47.4 Å². The Bertz CT molecular complexity index is 7070. The fourth-order valence-electron chi connectivity index (χ4n) is 16.5. The average molecular weight is 1950 g/mol. The highest BCUT2D eigenvalue weighted by atomic mass is 16.5. The number of aryl methyl sites for hydroxylation is 2. The number of likely N-dealkylation sites (tertiary alicyclic amines) is 2. The molecule has 0 saturated carbocycles. The first-order chi connectivity index (χ1) is 70.3. The Morgan fingerprint density at radius 2 is 0.833 bits per heavy atom. The van der Waals surface area contributed by atoms with E-state index < -0.39 is 6.10 Å². The Hall–Kier alpha value is -15.9. The van der Waals surface area contributed by atoms with Crippen LogP contribution in [0.3, 0.4) is 0 Å². The number of aromatic amines is 1. The van der Waals surface area contributed by atoms with E-state index in [1.165, 1.54) is 24.0 Å². The summed E-state index contributed by atoms with van der Waals surface area (Å²) in [7, 11) is 3.49. The van der Waals surface area contributed by atoms with Crippen molar-refractivity contribution in [3.63, 3.8) is 0 Å². The molecule has 2 aliphatic heterocycles. The van der Waals surface area contributed by atoms with Crippen LogP contribution in [-0.2, 0) is 24.5 Å². The van der Waals surface area contributed by atoms with Crippen molar-refractivity contribution in [2.24, 2.45) is 0 Å². The second-order valence-corrected chi connectivity index (χ2v) is 33.5. The second kappa shape index (κ2) is 50.0. The molecule has 34 heteroatoms. The van der Waals surface area contributed by atoms with E-state index >= 15 is 0 Å². The summed E-state index contributed by atoms with van der Waals surface area (Å²) in [6.45, 7) is 33.0. The van der Waals surface area contributed by atoms with Gasteiger partial charge in [-0.25, -0.2) is 0 Å². The quantitative estimate of drug-likeness (QED) is 0.0328. The second-order valence-electron chi connectivity index (χ2n) is 33.5. The molecule has 2 atom stereocenters. The van der Waals surface area contributed by atoms with Crippen LogP contribution in [0.1, 0.15) is 116 Å². The highest BCUT2D eigenvalue weighted by Gasteiger charge is 2.37. The molecule has 1 amide bonds. The first-order valence-electron chi connectivity index (χ1n) is 48.5. The molecule has 3 N–H and O–H groups in total. The topological polar surface area (TPSA) is 396 Å². The minimum atomic E-state index is -0.497. The van der Waals surface area contributed by atoms with E-state index in [1.54, 1.807) is 37.3 Å². The number of aromatic nitrogens is 13. The molecule has 0 aliphatic carbocycles. The summed E-state index contributed by atoms with van der Waals surface area (Å²) in [5.41, 5.74) is 14.2. The number of hydrogen-bond acceptors (Lipinski definition) is 32. The molecular weight excluding hydrogens is 1830 g/mol. The van der Waals surface area contributed by atoms with Crippen molar-refractivity contribution in [3.8, 4) is 172 Å². The van der Waals surface area contributed by atoms with Gasteiger partial charge in [0.05, 0.1) is 90.5 Å². The van der Waals surface area contributed by atoms with Crippen molar-refractivity contribution in [1.29, 1.82) is 0 Å². The normalized spacial score (nSPS) is 13.3.